The van der Waals surface area contributed by atoms with E-state index in [-0.39, 0.29) is 5.97 Å². The fraction of sp³-hybridized carbons (Fsp3) is 0.550. The Morgan fingerprint density at radius 2 is 2.00 bits per heavy atom. The van der Waals surface area contributed by atoms with Crippen LogP contribution >= 0.6 is 0 Å². The third-order valence-electron chi connectivity index (χ3n) is 5.68. The van der Waals surface area contributed by atoms with Gasteiger partial charge >= 0.3 is 5.97 Å². The normalized spacial score (nSPS) is 27.7. The van der Waals surface area contributed by atoms with Crippen LogP contribution in [0.5, 0.6) is 0 Å². The molecule has 2 aliphatic carbocycles. The second-order valence-corrected chi connectivity index (χ2v) is 6.98. The quantitative estimate of drug-likeness (QED) is 0.563. The van der Waals surface area contributed by atoms with Crippen molar-refractivity contribution in [1.82, 2.24) is 0 Å². The average Bonchev–Trinajstić information content (AvgIpc) is 2.79. The van der Waals surface area contributed by atoms with Crippen LogP contribution in [0.4, 0.5) is 0 Å². The number of allylic oxidation sites excluding steroid dienone is 2. The van der Waals surface area contributed by atoms with E-state index >= 15 is 0 Å². The van der Waals surface area contributed by atoms with E-state index in [1.54, 1.807) is 11.1 Å². The molecule has 0 saturated heterocycles. The van der Waals surface area contributed by atoms with Crippen molar-refractivity contribution in [2.24, 2.45) is 5.41 Å². The molecule has 0 aromatic heterocycles. The Bertz CT molecular complexity index is 597. The van der Waals surface area contributed by atoms with E-state index in [4.69, 9.17) is 4.74 Å². The van der Waals surface area contributed by atoms with Gasteiger partial charge in [0.1, 0.15) is 0 Å². The number of fused-ring (bicyclic) bond motifs is 1. The zero-order valence-corrected chi connectivity index (χ0v) is 13.9. The van der Waals surface area contributed by atoms with Gasteiger partial charge in [-0.3, -0.25) is 0 Å². The lowest BCUT2D eigenvalue weighted by molar-refractivity contribution is 0.0526. The first-order chi connectivity index (χ1) is 10.6. The first-order valence-corrected chi connectivity index (χ1v) is 8.52. The highest BCUT2D eigenvalue weighted by molar-refractivity contribution is 5.89. The standard InChI is InChI=1S/C20H26O2/c1-4-22-19(21)16-10-8-15(9-11-16)18-13-14(2)17-7-5-6-12-20(17,18)3/h8-11,18H,4-7,12-13H2,1-3H3/t18-,20+/m0/s1. The molecule has 22 heavy (non-hydrogen) atoms. The van der Waals surface area contributed by atoms with E-state index in [0.29, 0.717) is 23.5 Å². The predicted molar refractivity (Wildman–Crippen MR) is 89.0 cm³/mol. The van der Waals surface area contributed by atoms with E-state index in [2.05, 4.69) is 26.0 Å². The molecular formula is C20H26O2. The fourth-order valence-corrected chi connectivity index (χ4v) is 4.52. The van der Waals surface area contributed by atoms with Crippen molar-refractivity contribution in [3.05, 3.63) is 46.5 Å². The number of esters is 1. The Kier molecular flexibility index (Phi) is 4.12. The molecule has 3 rings (SSSR count). The monoisotopic (exact) mass is 298 g/mol. The summed E-state index contributed by atoms with van der Waals surface area (Å²) in [6.07, 6.45) is 6.43. The van der Waals surface area contributed by atoms with E-state index in [1.807, 2.05) is 19.1 Å². The number of hydrogen-bond donors (Lipinski definition) is 0. The summed E-state index contributed by atoms with van der Waals surface area (Å²) in [5.41, 5.74) is 5.65. The van der Waals surface area contributed by atoms with Crippen LogP contribution in [0.1, 0.15) is 74.7 Å². The summed E-state index contributed by atoms with van der Waals surface area (Å²) in [4.78, 5) is 11.8. The van der Waals surface area contributed by atoms with Crippen molar-refractivity contribution in [1.29, 1.82) is 0 Å². The van der Waals surface area contributed by atoms with E-state index in [9.17, 15) is 4.79 Å². The summed E-state index contributed by atoms with van der Waals surface area (Å²) in [7, 11) is 0. The highest BCUT2D eigenvalue weighted by Crippen LogP contribution is 2.58. The van der Waals surface area contributed by atoms with Crippen molar-refractivity contribution in [2.45, 2.75) is 58.8 Å². The maximum absolute atomic E-state index is 11.8. The van der Waals surface area contributed by atoms with Gasteiger partial charge in [-0.2, -0.15) is 0 Å². The van der Waals surface area contributed by atoms with Crippen LogP contribution in [0.3, 0.4) is 0 Å². The molecule has 118 valence electrons. The smallest absolute Gasteiger partial charge is 0.338 e. The first-order valence-electron chi connectivity index (χ1n) is 8.52. The molecule has 2 atom stereocenters. The highest BCUT2D eigenvalue weighted by Gasteiger charge is 2.44. The molecule has 1 aromatic carbocycles. The topological polar surface area (TPSA) is 26.3 Å². The summed E-state index contributed by atoms with van der Waals surface area (Å²) >= 11 is 0. The van der Waals surface area contributed by atoms with Crippen molar-refractivity contribution in [3.63, 3.8) is 0 Å². The summed E-state index contributed by atoms with van der Waals surface area (Å²) in [5, 5.41) is 0. The van der Waals surface area contributed by atoms with Crippen LogP contribution in [0.25, 0.3) is 0 Å². The third kappa shape index (κ3) is 2.49. The van der Waals surface area contributed by atoms with Gasteiger partial charge in [-0.05, 0) is 68.6 Å². The number of hydrogen-bond acceptors (Lipinski definition) is 2. The Morgan fingerprint density at radius 1 is 1.27 bits per heavy atom. The zero-order chi connectivity index (χ0) is 15.7. The number of rotatable bonds is 3. The molecule has 0 spiro atoms. The number of ether oxygens (including phenoxy) is 1. The van der Waals surface area contributed by atoms with Crippen LogP contribution in [-0.2, 0) is 4.74 Å². The summed E-state index contributed by atoms with van der Waals surface area (Å²) in [6.45, 7) is 7.02. The molecule has 1 aromatic rings. The van der Waals surface area contributed by atoms with Crippen LogP contribution in [-0.4, -0.2) is 12.6 Å². The molecule has 0 radical (unpaired) electrons. The van der Waals surface area contributed by atoms with Crippen LogP contribution in [0, 0.1) is 5.41 Å². The van der Waals surface area contributed by atoms with Gasteiger partial charge in [0.15, 0.2) is 0 Å². The lowest BCUT2D eigenvalue weighted by Gasteiger charge is -2.39. The summed E-state index contributed by atoms with van der Waals surface area (Å²) in [5.74, 6) is 0.346. The van der Waals surface area contributed by atoms with Gasteiger partial charge in [0.05, 0.1) is 12.2 Å². The van der Waals surface area contributed by atoms with E-state index in [0.717, 1.165) is 0 Å². The van der Waals surface area contributed by atoms with Gasteiger partial charge in [0, 0.05) is 0 Å². The van der Waals surface area contributed by atoms with E-state index < -0.39 is 0 Å². The Hall–Kier alpha value is -1.57. The Labute approximate surface area is 133 Å². The number of carbonyl (C=O) groups excluding carboxylic acids is 1. The highest BCUT2D eigenvalue weighted by atomic mass is 16.5. The SMILES string of the molecule is CCOC(=O)c1ccc([C@@H]2CC(C)=C3CCCC[C@]32C)cc1. The molecule has 0 amide bonds. The molecule has 1 fully saturated rings. The van der Waals surface area contributed by atoms with Gasteiger partial charge in [-0.25, -0.2) is 4.79 Å². The molecule has 2 nitrogen and oxygen atoms in total. The fourth-order valence-electron chi connectivity index (χ4n) is 4.52. The van der Waals surface area contributed by atoms with Gasteiger partial charge in [0.25, 0.3) is 0 Å². The molecule has 2 heteroatoms. The molecule has 0 heterocycles. The molecular weight excluding hydrogens is 272 g/mol. The predicted octanol–water partition coefficient (Wildman–Crippen LogP) is 5.25. The largest absolute Gasteiger partial charge is 0.462 e. The average molecular weight is 298 g/mol. The first kappa shape index (κ1) is 15.3. The minimum absolute atomic E-state index is 0.223. The number of benzene rings is 1. The van der Waals surface area contributed by atoms with Gasteiger partial charge in [-0.15, -0.1) is 0 Å². The zero-order valence-electron chi connectivity index (χ0n) is 13.9. The molecule has 0 bridgehead atoms. The molecule has 0 N–H and O–H groups in total. The lowest BCUT2D eigenvalue weighted by atomic mass is 9.65. The van der Waals surface area contributed by atoms with Crippen molar-refractivity contribution in [2.75, 3.05) is 6.61 Å². The second-order valence-electron chi connectivity index (χ2n) is 6.98. The minimum Gasteiger partial charge on any atom is -0.462 e. The molecule has 0 aliphatic heterocycles. The molecule has 0 unspecified atom stereocenters. The summed E-state index contributed by atoms with van der Waals surface area (Å²) < 4.78 is 5.07. The maximum atomic E-state index is 11.8. The van der Waals surface area contributed by atoms with Crippen molar-refractivity contribution >= 4 is 5.97 Å². The van der Waals surface area contributed by atoms with Gasteiger partial charge in [0.2, 0.25) is 0 Å². The van der Waals surface area contributed by atoms with Crippen molar-refractivity contribution in [3.8, 4) is 0 Å². The summed E-state index contributed by atoms with van der Waals surface area (Å²) in [6, 6.07) is 8.11. The third-order valence-corrected chi connectivity index (χ3v) is 5.68. The maximum Gasteiger partial charge on any atom is 0.338 e. The Balaban J connectivity index is 1.85. The minimum atomic E-state index is -0.223. The second kappa shape index (κ2) is 5.91. The van der Waals surface area contributed by atoms with E-state index in [1.165, 1.54) is 37.7 Å². The van der Waals surface area contributed by atoms with Gasteiger partial charge < -0.3 is 4.74 Å². The van der Waals surface area contributed by atoms with Crippen LogP contribution in [0.15, 0.2) is 35.4 Å². The lowest BCUT2D eigenvalue weighted by Crippen LogP contribution is -2.26. The number of carbonyl (C=O) groups is 1. The molecule has 2 aliphatic rings. The van der Waals surface area contributed by atoms with Crippen LogP contribution in [0.2, 0.25) is 0 Å². The molecule has 1 saturated carbocycles. The van der Waals surface area contributed by atoms with Gasteiger partial charge in [-0.1, -0.05) is 36.6 Å². The Morgan fingerprint density at radius 3 is 2.68 bits per heavy atom. The van der Waals surface area contributed by atoms with Crippen LogP contribution < -0.4 is 0 Å². The van der Waals surface area contributed by atoms with Crippen molar-refractivity contribution < 1.29 is 9.53 Å².